The van der Waals surface area contributed by atoms with Crippen molar-refractivity contribution in [1.29, 1.82) is 0 Å². The lowest BCUT2D eigenvalue weighted by atomic mass is 10.1. The number of anilines is 1. The third kappa shape index (κ3) is 4.97. The lowest BCUT2D eigenvalue weighted by Gasteiger charge is -2.33. The Kier molecular flexibility index (Phi) is 6.00. The second kappa shape index (κ2) is 7.76. The second-order valence-electron chi connectivity index (χ2n) is 6.18. The molecule has 0 amide bonds. The number of aryl methyl sites for hydroxylation is 1. The number of nitrogens with one attached hydrogen (secondary N) is 1. The number of aromatic nitrogens is 1. The van der Waals surface area contributed by atoms with E-state index >= 15 is 0 Å². The Morgan fingerprint density at radius 3 is 2.95 bits per heavy atom. The molecule has 0 saturated carbocycles. The first-order valence-electron chi connectivity index (χ1n) is 8.16. The fraction of sp³-hybridized carbons (Fsp3) is 0.706. The third-order valence-electron chi connectivity index (χ3n) is 3.82. The van der Waals surface area contributed by atoms with Crippen LogP contribution in [0.5, 0.6) is 0 Å². The molecule has 1 unspecified atom stereocenters. The molecule has 0 aromatic carbocycles. The molecule has 1 aliphatic rings. The van der Waals surface area contributed by atoms with Gasteiger partial charge in [-0.05, 0) is 44.4 Å². The van der Waals surface area contributed by atoms with Gasteiger partial charge < -0.3 is 15.0 Å². The lowest BCUT2D eigenvalue weighted by Crippen LogP contribution is -2.40. The van der Waals surface area contributed by atoms with Crippen LogP contribution in [0.2, 0.25) is 0 Å². The van der Waals surface area contributed by atoms with E-state index in [1.165, 1.54) is 12.0 Å². The van der Waals surface area contributed by atoms with Gasteiger partial charge in [0, 0.05) is 38.0 Å². The van der Waals surface area contributed by atoms with Crippen LogP contribution < -0.4 is 10.2 Å². The molecule has 1 atom stereocenters. The molecule has 0 bridgehead atoms. The van der Waals surface area contributed by atoms with Gasteiger partial charge in [-0.25, -0.2) is 4.98 Å². The van der Waals surface area contributed by atoms with Crippen LogP contribution in [0, 0.1) is 6.92 Å². The molecule has 118 valence electrons. The molecule has 1 saturated heterocycles. The van der Waals surface area contributed by atoms with Crippen molar-refractivity contribution in [3.8, 4) is 0 Å². The van der Waals surface area contributed by atoms with Crippen molar-refractivity contribution in [2.24, 2.45) is 0 Å². The molecule has 1 fully saturated rings. The number of piperidine rings is 1. The Morgan fingerprint density at radius 1 is 1.43 bits per heavy atom. The third-order valence-corrected chi connectivity index (χ3v) is 3.82. The van der Waals surface area contributed by atoms with Gasteiger partial charge >= 0.3 is 0 Å². The van der Waals surface area contributed by atoms with Crippen LogP contribution in [0.4, 0.5) is 5.82 Å². The molecule has 4 heteroatoms. The molecule has 4 nitrogen and oxygen atoms in total. The Bertz CT molecular complexity index is 446. The van der Waals surface area contributed by atoms with Gasteiger partial charge in [-0.2, -0.15) is 0 Å². The Morgan fingerprint density at radius 2 is 2.24 bits per heavy atom. The van der Waals surface area contributed by atoms with Crippen LogP contribution in [0.1, 0.15) is 44.9 Å². The lowest BCUT2D eigenvalue weighted by molar-refractivity contribution is 0.0525. The van der Waals surface area contributed by atoms with Crippen LogP contribution in [0.15, 0.2) is 12.1 Å². The highest BCUT2D eigenvalue weighted by molar-refractivity contribution is 5.43. The molecular weight excluding hydrogens is 262 g/mol. The summed E-state index contributed by atoms with van der Waals surface area (Å²) in [5.74, 6) is 1.10. The quantitative estimate of drug-likeness (QED) is 0.874. The van der Waals surface area contributed by atoms with E-state index in [4.69, 9.17) is 9.72 Å². The van der Waals surface area contributed by atoms with Crippen molar-refractivity contribution in [1.82, 2.24) is 10.3 Å². The van der Waals surface area contributed by atoms with E-state index in [0.717, 1.165) is 44.2 Å². The summed E-state index contributed by atoms with van der Waals surface area (Å²) in [6, 6.07) is 4.89. The van der Waals surface area contributed by atoms with Crippen LogP contribution >= 0.6 is 0 Å². The summed E-state index contributed by atoms with van der Waals surface area (Å²) >= 11 is 0. The predicted molar refractivity (Wildman–Crippen MR) is 87.8 cm³/mol. The summed E-state index contributed by atoms with van der Waals surface area (Å²) in [6.45, 7) is 12.2. The fourth-order valence-electron chi connectivity index (χ4n) is 2.83. The summed E-state index contributed by atoms with van der Waals surface area (Å²) in [5, 5.41) is 3.48. The molecule has 1 aromatic rings. The van der Waals surface area contributed by atoms with Gasteiger partial charge in [-0.3, -0.25) is 0 Å². The van der Waals surface area contributed by atoms with E-state index in [1.807, 2.05) is 0 Å². The molecule has 2 rings (SSSR count). The minimum absolute atomic E-state index is 0.350. The van der Waals surface area contributed by atoms with Crippen molar-refractivity contribution >= 4 is 5.82 Å². The number of pyridine rings is 1. The molecule has 1 aromatic heterocycles. The number of hydrogen-bond acceptors (Lipinski definition) is 4. The maximum absolute atomic E-state index is 5.79. The SMILES string of the molecule is CCOC1CCCN(c2cc(CNC(C)C)cc(C)n2)C1. The Hall–Kier alpha value is -1.13. The van der Waals surface area contributed by atoms with E-state index in [9.17, 15) is 0 Å². The van der Waals surface area contributed by atoms with Crippen molar-refractivity contribution < 1.29 is 4.74 Å². The van der Waals surface area contributed by atoms with Crippen LogP contribution in [-0.4, -0.2) is 36.8 Å². The zero-order valence-corrected chi connectivity index (χ0v) is 13.9. The fourth-order valence-corrected chi connectivity index (χ4v) is 2.83. The van der Waals surface area contributed by atoms with Crippen LogP contribution in [0.25, 0.3) is 0 Å². The number of ether oxygens (including phenoxy) is 1. The molecular formula is C17H29N3O. The topological polar surface area (TPSA) is 37.4 Å². The number of rotatable bonds is 6. The second-order valence-corrected chi connectivity index (χ2v) is 6.18. The van der Waals surface area contributed by atoms with Gasteiger partial charge in [-0.1, -0.05) is 13.8 Å². The monoisotopic (exact) mass is 291 g/mol. The first-order valence-corrected chi connectivity index (χ1v) is 8.16. The van der Waals surface area contributed by atoms with Crippen molar-refractivity contribution in [2.75, 3.05) is 24.6 Å². The standard InChI is InChI=1S/C17H29N3O/c1-5-21-16-7-6-8-20(12-16)17-10-15(9-14(4)19-17)11-18-13(2)3/h9-10,13,16,18H,5-8,11-12H2,1-4H3. The van der Waals surface area contributed by atoms with Gasteiger partial charge in [0.25, 0.3) is 0 Å². The smallest absolute Gasteiger partial charge is 0.129 e. The Labute approximate surface area is 128 Å². The van der Waals surface area contributed by atoms with Gasteiger partial charge in [0.1, 0.15) is 5.82 Å². The maximum atomic E-state index is 5.79. The number of nitrogens with zero attached hydrogens (tertiary/aromatic N) is 2. The highest BCUT2D eigenvalue weighted by atomic mass is 16.5. The first-order chi connectivity index (χ1) is 10.1. The number of hydrogen-bond donors (Lipinski definition) is 1. The van der Waals surface area contributed by atoms with Gasteiger partial charge in [0.2, 0.25) is 0 Å². The maximum Gasteiger partial charge on any atom is 0.129 e. The van der Waals surface area contributed by atoms with Crippen LogP contribution in [-0.2, 0) is 11.3 Å². The molecule has 0 aliphatic carbocycles. The van der Waals surface area contributed by atoms with E-state index in [0.29, 0.717) is 12.1 Å². The molecule has 21 heavy (non-hydrogen) atoms. The van der Waals surface area contributed by atoms with Crippen molar-refractivity contribution in [3.05, 3.63) is 23.4 Å². The first kappa shape index (κ1) is 16.2. The minimum atomic E-state index is 0.350. The van der Waals surface area contributed by atoms with Gasteiger partial charge in [-0.15, -0.1) is 0 Å². The van der Waals surface area contributed by atoms with E-state index in [-0.39, 0.29) is 0 Å². The zero-order valence-electron chi connectivity index (χ0n) is 13.9. The average Bonchev–Trinajstić information content (AvgIpc) is 2.45. The van der Waals surface area contributed by atoms with Crippen LogP contribution in [0.3, 0.4) is 0 Å². The highest BCUT2D eigenvalue weighted by Crippen LogP contribution is 2.21. The normalized spacial score (nSPS) is 19.3. The largest absolute Gasteiger partial charge is 0.377 e. The minimum Gasteiger partial charge on any atom is -0.377 e. The Balaban J connectivity index is 2.07. The summed E-state index contributed by atoms with van der Waals surface area (Å²) in [6.07, 6.45) is 2.70. The summed E-state index contributed by atoms with van der Waals surface area (Å²) in [4.78, 5) is 7.09. The summed E-state index contributed by atoms with van der Waals surface area (Å²) < 4.78 is 5.79. The highest BCUT2D eigenvalue weighted by Gasteiger charge is 2.21. The zero-order chi connectivity index (χ0) is 15.2. The predicted octanol–water partition coefficient (Wildman–Crippen LogP) is 2.89. The molecule has 2 heterocycles. The summed E-state index contributed by atoms with van der Waals surface area (Å²) in [5.41, 5.74) is 2.40. The van der Waals surface area contributed by atoms with E-state index < -0.39 is 0 Å². The van der Waals surface area contributed by atoms with E-state index in [2.05, 4.69) is 50.0 Å². The average molecular weight is 291 g/mol. The molecule has 1 N–H and O–H groups in total. The van der Waals surface area contributed by atoms with Gasteiger partial charge in [0.05, 0.1) is 6.10 Å². The van der Waals surface area contributed by atoms with Crippen molar-refractivity contribution in [2.45, 2.75) is 59.2 Å². The molecule has 0 spiro atoms. The molecule has 0 radical (unpaired) electrons. The molecule has 1 aliphatic heterocycles. The summed E-state index contributed by atoms with van der Waals surface area (Å²) in [7, 11) is 0. The van der Waals surface area contributed by atoms with Crippen molar-refractivity contribution in [3.63, 3.8) is 0 Å². The van der Waals surface area contributed by atoms with E-state index in [1.54, 1.807) is 0 Å². The van der Waals surface area contributed by atoms with Gasteiger partial charge in [0.15, 0.2) is 0 Å².